The summed E-state index contributed by atoms with van der Waals surface area (Å²) >= 11 is 7.03. The van der Waals surface area contributed by atoms with E-state index in [1.807, 2.05) is 38.3 Å². The third kappa shape index (κ3) is 3.88. The zero-order valence-corrected chi connectivity index (χ0v) is 15.0. The second-order valence-electron chi connectivity index (χ2n) is 5.50. The summed E-state index contributed by atoms with van der Waals surface area (Å²) < 4.78 is 1.75. The molecule has 0 spiro atoms. The number of amides is 1. The van der Waals surface area contributed by atoms with Crippen molar-refractivity contribution in [1.29, 1.82) is 0 Å². The van der Waals surface area contributed by atoms with E-state index in [1.165, 1.54) is 17.3 Å². The first kappa shape index (κ1) is 16.8. The number of carbonyl (C=O) groups is 1. The van der Waals surface area contributed by atoms with Gasteiger partial charge in [0.1, 0.15) is 0 Å². The van der Waals surface area contributed by atoms with Crippen LogP contribution < -0.4 is 5.32 Å². The molecule has 0 unspecified atom stereocenters. The first-order chi connectivity index (χ1) is 11.5. The van der Waals surface area contributed by atoms with E-state index in [0.29, 0.717) is 22.5 Å². The van der Waals surface area contributed by atoms with Crippen molar-refractivity contribution in [3.8, 4) is 0 Å². The van der Waals surface area contributed by atoms with Crippen LogP contribution in [0.15, 0.2) is 40.5 Å². The van der Waals surface area contributed by atoms with Gasteiger partial charge in [0.25, 0.3) is 5.91 Å². The second-order valence-corrected chi connectivity index (χ2v) is 6.91. The topological polar surface area (TPSA) is 59.3 Å². The molecule has 7 heteroatoms. The molecular formula is C17H17ClN4OS. The molecule has 0 saturated carbocycles. The van der Waals surface area contributed by atoms with Gasteiger partial charge in [-0.2, -0.15) is 5.10 Å². The van der Waals surface area contributed by atoms with Gasteiger partial charge in [-0.25, -0.2) is 4.99 Å². The number of aromatic nitrogens is 2. The van der Waals surface area contributed by atoms with Crippen LogP contribution >= 0.6 is 23.4 Å². The Bertz CT molecular complexity index is 841. The summed E-state index contributed by atoms with van der Waals surface area (Å²) in [6.07, 6.45) is 5.39. The van der Waals surface area contributed by atoms with Crippen molar-refractivity contribution >= 4 is 46.2 Å². The molecule has 1 aliphatic rings. The predicted octanol–water partition coefficient (Wildman–Crippen LogP) is 3.63. The molecule has 1 saturated heterocycles. The molecule has 24 heavy (non-hydrogen) atoms. The summed E-state index contributed by atoms with van der Waals surface area (Å²) in [5, 5.41) is 7.59. The lowest BCUT2D eigenvalue weighted by molar-refractivity contribution is -0.115. The lowest BCUT2D eigenvalue weighted by Gasteiger charge is -2.02. The van der Waals surface area contributed by atoms with Crippen molar-refractivity contribution in [2.45, 2.75) is 20.4 Å². The van der Waals surface area contributed by atoms with Crippen molar-refractivity contribution in [1.82, 2.24) is 15.1 Å². The number of hydrogen-bond donors (Lipinski definition) is 1. The number of amidine groups is 1. The number of nitrogens with zero attached hydrogens (tertiary/aromatic N) is 3. The van der Waals surface area contributed by atoms with Gasteiger partial charge in [0.05, 0.1) is 23.3 Å². The van der Waals surface area contributed by atoms with E-state index in [2.05, 4.69) is 21.5 Å². The fourth-order valence-electron chi connectivity index (χ4n) is 2.34. The van der Waals surface area contributed by atoms with Gasteiger partial charge in [0, 0.05) is 17.6 Å². The number of aliphatic imine (C=N–C) groups is 1. The zero-order chi connectivity index (χ0) is 17.1. The average molecular weight is 361 g/mol. The fourth-order valence-corrected chi connectivity index (χ4v) is 3.34. The first-order valence-electron chi connectivity index (χ1n) is 7.50. The van der Waals surface area contributed by atoms with Crippen LogP contribution in [0.1, 0.15) is 16.7 Å². The van der Waals surface area contributed by atoms with E-state index in [4.69, 9.17) is 11.6 Å². The van der Waals surface area contributed by atoms with Crippen LogP contribution in [-0.4, -0.2) is 26.7 Å². The highest BCUT2D eigenvalue weighted by molar-refractivity contribution is 8.18. The summed E-state index contributed by atoms with van der Waals surface area (Å²) in [7, 11) is 0. The van der Waals surface area contributed by atoms with Gasteiger partial charge in [0.2, 0.25) is 0 Å². The average Bonchev–Trinajstić information content (AvgIpc) is 3.10. The maximum absolute atomic E-state index is 12.1. The number of thioether (sulfide) groups is 1. The first-order valence-corrected chi connectivity index (χ1v) is 8.85. The quantitative estimate of drug-likeness (QED) is 0.669. The largest absolute Gasteiger partial charge is 0.300 e. The van der Waals surface area contributed by atoms with Gasteiger partial charge in [-0.15, -0.1) is 11.6 Å². The second kappa shape index (κ2) is 7.23. The minimum Gasteiger partial charge on any atom is -0.300 e. The maximum atomic E-state index is 12.1. The van der Waals surface area contributed by atoms with Crippen LogP contribution in [0, 0.1) is 13.8 Å². The van der Waals surface area contributed by atoms with Crippen molar-refractivity contribution in [2.75, 3.05) is 5.88 Å². The lowest BCUT2D eigenvalue weighted by atomic mass is 10.1. The highest BCUT2D eigenvalue weighted by atomic mass is 35.5. The number of benzene rings is 1. The summed E-state index contributed by atoms with van der Waals surface area (Å²) in [5.74, 6) is 0.355. The summed E-state index contributed by atoms with van der Waals surface area (Å²) in [5.41, 5.74) is 4.00. The normalized spacial score (nSPS) is 17.7. The predicted molar refractivity (Wildman–Crippen MR) is 99.7 cm³/mol. The monoisotopic (exact) mass is 360 g/mol. The Kier molecular flexibility index (Phi) is 5.06. The summed E-state index contributed by atoms with van der Waals surface area (Å²) in [6.45, 7) is 4.70. The number of alkyl halides is 1. The Morgan fingerprint density at radius 1 is 1.42 bits per heavy atom. The molecule has 1 N–H and O–H groups in total. The Morgan fingerprint density at radius 2 is 2.25 bits per heavy atom. The number of carbonyl (C=O) groups excluding carboxylic acids is 1. The van der Waals surface area contributed by atoms with Gasteiger partial charge >= 0.3 is 0 Å². The summed E-state index contributed by atoms with van der Waals surface area (Å²) in [4.78, 5) is 17.3. The number of aryl methyl sites for hydroxylation is 3. The Balaban J connectivity index is 1.79. The highest BCUT2D eigenvalue weighted by Gasteiger charge is 2.24. The zero-order valence-electron chi connectivity index (χ0n) is 13.4. The molecule has 0 atom stereocenters. The third-order valence-electron chi connectivity index (χ3n) is 3.49. The van der Waals surface area contributed by atoms with Gasteiger partial charge in [-0.3, -0.25) is 9.48 Å². The summed E-state index contributed by atoms with van der Waals surface area (Å²) in [6, 6.07) is 6.04. The minimum atomic E-state index is -0.145. The fraction of sp³-hybridized carbons (Fsp3) is 0.235. The van der Waals surface area contributed by atoms with Crippen LogP contribution in [0.25, 0.3) is 6.08 Å². The Labute approximate surface area is 149 Å². The molecule has 1 aromatic heterocycles. The Hall–Kier alpha value is -2.05. The molecule has 124 valence electrons. The van der Waals surface area contributed by atoms with E-state index in [1.54, 1.807) is 10.9 Å². The number of nitrogens with one attached hydrogen (secondary N) is 1. The van der Waals surface area contributed by atoms with Gasteiger partial charge in [0.15, 0.2) is 5.17 Å². The molecule has 3 rings (SSSR count). The molecule has 2 heterocycles. The minimum absolute atomic E-state index is 0.145. The van der Waals surface area contributed by atoms with Crippen LogP contribution in [0.2, 0.25) is 0 Å². The van der Waals surface area contributed by atoms with E-state index < -0.39 is 0 Å². The maximum Gasteiger partial charge on any atom is 0.264 e. The van der Waals surface area contributed by atoms with E-state index >= 15 is 0 Å². The van der Waals surface area contributed by atoms with E-state index in [0.717, 1.165) is 16.8 Å². The molecule has 5 nitrogen and oxygen atoms in total. The van der Waals surface area contributed by atoms with Gasteiger partial charge in [-0.1, -0.05) is 17.7 Å². The molecule has 0 aliphatic carbocycles. The highest BCUT2D eigenvalue weighted by Crippen LogP contribution is 2.29. The molecule has 1 aliphatic heterocycles. The van der Waals surface area contributed by atoms with Gasteiger partial charge in [-0.05, 0) is 43.3 Å². The SMILES string of the molecule is Cc1ccc(N=C2NC(=O)C(=Cc3cnn(CCCl)c3)S2)c(C)c1. The van der Waals surface area contributed by atoms with E-state index in [-0.39, 0.29) is 5.91 Å². The number of hydrogen-bond acceptors (Lipinski definition) is 4. The number of rotatable bonds is 4. The van der Waals surface area contributed by atoms with E-state index in [9.17, 15) is 4.79 Å². The van der Waals surface area contributed by atoms with Crippen LogP contribution in [0.4, 0.5) is 5.69 Å². The van der Waals surface area contributed by atoms with Gasteiger partial charge < -0.3 is 5.32 Å². The smallest absolute Gasteiger partial charge is 0.264 e. The molecule has 1 aromatic carbocycles. The Morgan fingerprint density at radius 3 is 3.00 bits per heavy atom. The molecule has 1 fully saturated rings. The van der Waals surface area contributed by atoms with Crippen LogP contribution in [0.3, 0.4) is 0 Å². The third-order valence-corrected chi connectivity index (χ3v) is 4.57. The van der Waals surface area contributed by atoms with Crippen molar-refractivity contribution in [3.63, 3.8) is 0 Å². The molecule has 0 bridgehead atoms. The van der Waals surface area contributed by atoms with Crippen LogP contribution in [0.5, 0.6) is 0 Å². The lowest BCUT2D eigenvalue weighted by Crippen LogP contribution is -2.19. The number of halogens is 1. The molecule has 2 aromatic rings. The molecule has 1 amide bonds. The van der Waals surface area contributed by atoms with Crippen LogP contribution in [-0.2, 0) is 11.3 Å². The van der Waals surface area contributed by atoms with Crippen molar-refractivity contribution in [3.05, 3.63) is 52.2 Å². The standard InChI is InChI=1S/C17H17ClN4OS/c1-11-3-4-14(12(2)7-11)20-17-21-16(23)15(24-17)8-13-9-19-22(10-13)6-5-18/h3-4,7-10H,5-6H2,1-2H3,(H,20,21,23). The molecule has 0 radical (unpaired) electrons. The van der Waals surface area contributed by atoms with Crippen molar-refractivity contribution < 1.29 is 4.79 Å². The molecular weight excluding hydrogens is 344 g/mol. The van der Waals surface area contributed by atoms with Crippen molar-refractivity contribution in [2.24, 2.45) is 4.99 Å².